The van der Waals surface area contributed by atoms with Gasteiger partial charge in [-0.2, -0.15) is 13.2 Å². The van der Waals surface area contributed by atoms with Crippen LogP contribution in [0.3, 0.4) is 0 Å². The number of hydrogen-bond acceptors (Lipinski definition) is 4. The summed E-state index contributed by atoms with van der Waals surface area (Å²) < 4.78 is 49.3. The van der Waals surface area contributed by atoms with Gasteiger partial charge in [-0.3, -0.25) is 4.79 Å². The Hall–Kier alpha value is -2.77. The van der Waals surface area contributed by atoms with E-state index in [9.17, 15) is 18.0 Å². The molecule has 8 heteroatoms. The van der Waals surface area contributed by atoms with Gasteiger partial charge in [0.2, 0.25) is 11.8 Å². The summed E-state index contributed by atoms with van der Waals surface area (Å²) in [7, 11) is 0. The minimum absolute atomic E-state index is 0.0488. The van der Waals surface area contributed by atoms with Crippen LogP contribution in [0.15, 0.2) is 42.6 Å². The molecule has 1 fully saturated rings. The van der Waals surface area contributed by atoms with E-state index in [4.69, 9.17) is 9.47 Å². The van der Waals surface area contributed by atoms with E-state index in [2.05, 4.69) is 4.98 Å². The quantitative estimate of drug-likeness (QED) is 0.749. The molecule has 2 aromatic rings. The van der Waals surface area contributed by atoms with Crippen molar-refractivity contribution in [2.24, 2.45) is 0 Å². The highest BCUT2D eigenvalue weighted by Gasteiger charge is 2.32. The van der Waals surface area contributed by atoms with E-state index < -0.39 is 11.7 Å². The number of carbonyl (C=O) groups excluding carboxylic acids is 1. The Morgan fingerprint density at radius 2 is 2.00 bits per heavy atom. The topological polar surface area (TPSA) is 51.7 Å². The number of halogens is 3. The summed E-state index contributed by atoms with van der Waals surface area (Å²) in [5, 5.41) is 0. The Morgan fingerprint density at radius 3 is 2.68 bits per heavy atom. The first-order valence-electron chi connectivity index (χ1n) is 9.04. The van der Waals surface area contributed by atoms with Crippen molar-refractivity contribution in [1.29, 1.82) is 0 Å². The normalized spacial score (nSPS) is 16.9. The van der Waals surface area contributed by atoms with Gasteiger partial charge in [0, 0.05) is 25.2 Å². The fraction of sp³-hybridized carbons (Fsp3) is 0.400. The summed E-state index contributed by atoms with van der Waals surface area (Å²) in [6.45, 7) is 3.31. The first-order chi connectivity index (χ1) is 13.3. The van der Waals surface area contributed by atoms with E-state index in [0.717, 1.165) is 29.6 Å². The van der Waals surface area contributed by atoms with Crippen LogP contribution in [0, 0.1) is 0 Å². The minimum atomic E-state index is -4.45. The van der Waals surface area contributed by atoms with Gasteiger partial charge in [0.25, 0.3) is 0 Å². The lowest BCUT2D eigenvalue weighted by Gasteiger charge is -2.17. The Bertz CT molecular complexity index is 809. The molecular formula is C20H21F3N2O3. The van der Waals surface area contributed by atoms with Crippen LogP contribution in [0.1, 0.15) is 24.5 Å². The highest BCUT2D eigenvalue weighted by atomic mass is 19.4. The first kappa shape index (κ1) is 20.0. The van der Waals surface area contributed by atoms with Gasteiger partial charge in [0.15, 0.2) is 0 Å². The number of ether oxygens (including phenoxy) is 2. The van der Waals surface area contributed by atoms with Gasteiger partial charge in [0.1, 0.15) is 11.9 Å². The summed E-state index contributed by atoms with van der Waals surface area (Å²) in [6.07, 6.45) is -2.95. The van der Waals surface area contributed by atoms with Crippen LogP contribution in [0.2, 0.25) is 0 Å². The molecule has 3 rings (SSSR count). The molecule has 0 aliphatic carbocycles. The molecule has 0 spiro atoms. The van der Waals surface area contributed by atoms with Crippen LogP contribution < -0.4 is 9.47 Å². The van der Waals surface area contributed by atoms with Gasteiger partial charge in [-0.25, -0.2) is 4.98 Å². The average molecular weight is 394 g/mol. The molecule has 0 radical (unpaired) electrons. The van der Waals surface area contributed by atoms with E-state index in [1.54, 1.807) is 4.90 Å². The Balaban J connectivity index is 1.54. The fourth-order valence-electron chi connectivity index (χ4n) is 3.03. The van der Waals surface area contributed by atoms with E-state index in [0.29, 0.717) is 26.1 Å². The van der Waals surface area contributed by atoms with Crippen LogP contribution >= 0.6 is 0 Å². The maximum absolute atomic E-state index is 12.8. The third-order valence-corrected chi connectivity index (χ3v) is 4.44. The molecule has 28 heavy (non-hydrogen) atoms. The van der Waals surface area contributed by atoms with E-state index in [1.165, 1.54) is 0 Å². The van der Waals surface area contributed by atoms with Crippen molar-refractivity contribution in [3.8, 4) is 11.6 Å². The molecule has 5 nitrogen and oxygen atoms in total. The van der Waals surface area contributed by atoms with Crippen LogP contribution in [-0.2, 0) is 17.4 Å². The van der Waals surface area contributed by atoms with E-state index in [1.807, 2.05) is 31.2 Å². The van der Waals surface area contributed by atoms with Crippen LogP contribution in [0.25, 0.3) is 0 Å². The second kappa shape index (κ2) is 8.50. The highest BCUT2D eigenvalue weighted by molar-refractivity contribution is 5.79. The highest BCUT2D eigenvalue weighted by Crippen LogP contribution is 2.31. The average Bonchev–Trinajstić information content (AvgIpc) is 3.12. The summed E-state index contributed by atoms with van der Waals surface area (Å²) in [5.41, 5.74) is 0.0660. The Labute approximate surface area is 161 Å². The third-order valence-electron chi connectivity index (χ3n) is 4.44. The molecule has 1 amide bonds. The molecule has 0 bridgehead atoms. The number of benzene rings is 1. The van der Waals surface area contributed by atoms with Crippen molar-refractivity contribution in [3.63, 3.8) is 0 Å². The maximum atomic E-state index is 12.8. The van der Waals surface area contributed by atoms with Crippen molar-refractivity contribution >= 4 is 5.91 Å². The van der Waals surface area contributed by atoms with Crippen LogP contribution in [0.4, 0.5) is 13.2 Å². The van der Waals surface area contributed by atoms with Gasteiger partial charge < -0.3 is 14.4 Å². The largest absolute Gasteiger partial charge is 0.494 e. The number of rotatable bonds is 6. The number of carbonyl (C=O) groups is 1. The van der Waals surface area contributed by atoms with E-state index in [-0.39, 0.29) is 24.3 Å². The molecule has 0 saturated carbocycles. The molecule has 1 unspecified atom stereocenters. The number of nitrogens with zero attached hydrogens (tertiary/aromatic N) is 2. The lowest BCUT2D eigenvalue weighted by atomic mass is 10.1. The van der Waals surface area contributed by atoms with Crippen LogP contribution in [0.5, 0.6) is 11.6 Å². The molecule has 1 atom stereocenters. The van der Waals surface area contributed by atoms with Gasteiger partial charge in [0.05, 0.1) is 25.1 Å². The molecule has 1 saturated heterocycles. The lowest BCUT2D eigenvalue weighted by molar-refractivity contribution is -0.137. The monoisotopic (exact) mass is 394 g/mol. The van der Waals surface area contributed by atoms with Gasteiger partial charge in [-0.05, 0) is 30.7 Å². The van der Waals surface area contributed by atoms with Crippen molar-refractivity contribution in [3.05, 3.63) is 53.7 Å². The number of aromatic nitrogens is 1. The number of hydrogen-bond donors (Lipinski definition) is 0. The number of alkyl halides is 3. The minimum Gasteiger partial charge on any atom is -0.494 e. The molecule has 1 aliphatic rings. The number of pyridine rings is 1. The van der Waals surface area contributed by atoms with Gasteiger partial charge in [-0.15, -0.1) is 0 Å². The maximum Gasteiger partial charge on any atom is 0.416 e. The smallest absolute Gasteiger partial charge is 0.416 e. The van der Waals surface area contributed by atoms with Crippen molar-refractivity contribution < 1.29 is 27.4 Å². The number of likely N-dealkylation sites (tertiary alicyclic amines) is 1. The molecule has 1 aliphatic heterocycles. The molecule has 1 aromatic heterocycles. The lowest BCUT2D eigenvalue weighted by Crippen LogP contribution is -2.32. The summed E-state index contributed by atoms with van der Waals surface area (Å²) >= 11 is 0. The summed E-state index contributed by atoms with van der Waals surface area (Å²) in [6, 6.07) is 9.11. The molecule has 0 N–H and O–H groups in total. The second-order valence-corrected chi connectivity index (χ2v) is 6.50. The molecule has 150 valence electrons. The zero-order valence-corrected chi connectivity index (χ0v) is 15.4. The zero-order chi connectivity index (χ0) is 20.1. The van der Waals surface area contributed by atoms with Crippen molar-refractivity contribution in [2.75, 3.05) is 19.7 Å². The zero-order valence-electron chi connectivity index (χ0n) is 15.4. The molecular weight excluding hydrogens is 373 g/mol. The predicted molar refractivity (Wildman–Crippen MR) is 96.2 cm³/mol. The third kappa shape index (κ3) is 5.15. The molecule has 1 aromatic carbocycles. The predicted octanol–water partition coefficient (Wildman–Crippen LogP) is 3.72. The number of amides is 1. The van der Waals surface area contributed by atoms with E-state index >= 15 is 0 Å². The summed E-state index contributed by atoms with van der Waals surface area (Å²) in [5.74, 6) is 0.620. The second-order valence-electron chi connectivity index (χ2n) is 6.50. The molecule has 2 heterocycles. The first-order valence-corrected chi connectivity index (χ1v) is 9.04. The summed E-state index contributed by atoms with van der Waals surface area (Å²) in [4.78, 5) is 18.0. The van der Waals surface area contributed by atoms with Crippen molar-refractivity contribution in [1.82, 2.24) is 9.88 Å². The van der Waals surface area contributed by atoms with Gasteiger partial charge in [-0.1, -0.05) is 12.1 Å². The SMILES string of the molecule is CCOc1ccc(CC(=O)N2CCC(Oc3cc(C(F)(F)F)ccn3)C2)cc1. The fourth-order valence-corrected chi connectivity index (χ4v) is 3.03. The Kier molecular flexibility index (Phi) is 6.06. The Morgan fingerprint density at radius 1 is 1.25 bits per heavy atom. The standard InChI is InChI=1S/C20H21F3N2O3/c1-2-27-16-5-3-14(4-6-16)11-19(26)25-10-8-17(13-25)28-18-12-15(7-9-24-18)20(21,22)23/h3-7,9,12,17H,2,8,10-11,13H2,1H3. The van der Waals surface area contributed by atoms with Crippen LogP contribution in [-0.4, -0.2) is 41.6 Å². The van der Waals surface area contributed by atoms with Crippen molar-refractivity contribution in [2.45, 2.75) is 32.0 Å². The van der Waals surface area contributed by atoms with Gasteiger partial charge >= 0.3 is 6.18 Å².